The zero-order valence-corrected chi connectivity index (χ0v) is 29.1. The monoisotopic (exact) mass is 667 g/mol. The summed E-state index contributed by atoms with van der Waals surface area (Å²) in [5.74, 6) is 0. The zero-order valence-electron chi connectivity index (χ0n) is 23.7. The van der Waals surface area contributed by atoms with Crippen molar-refractivity contribution in [2.75, 3.05) is 0 Å². The van der Waals surface area contributed by atoms with E-state index in [1.807, 2.05) is 0 Å². The smallest absolute Gasteiger partial charge is 1.00 e. The molecule has 0 nitrogen and oxygen atoms in total. The summed E-state index contributed by atoms with van der Waals surface area (Å²) < 4.78 is 2.43. The van der Waals surface area contributed by atoms with E-state index in [4.69, 9.17) is 0 Å². The molecule has 0 amide bonds. The van der Waals surface area contributed by atoms with Gasteiger partial charge in [-0.15, -0.1) is 0 Å². The van der Waals surface area contributed by atoms with E-state index in [1.165, 1.54) is 42.4 Å². The summed E-state index contributed by atoms with van der Waals surface area (Å²) in [5, 5.41) is 5.56. The van der Waals surface area contributed by atoms with Gasteiger partial charge in [-0.1, -0.05) is 0 Å². The number of halogens is 2. The molecule has 2 unspecified atom stereocenters. The van der Waals surface area contributed by atoms with Gasteiger partial charge in [0.05, 0.1) is 0 Å². The minimum absolute atomic E-state index is 0. The average Bonchev–Trinajstić information content (AvgIpc) is 3.57. The van der Waals surface area contributed by atoms with Crippen LogP contribution in [0.25, 0.3) is 33.7 Å². The summed E-state index contributed by atoms with van der Waals surface area (Å²) in [4.78, 5) is 0. The third-order valence-electron chi connectivity index (χ3n) is 9.37. The Morgan fingerprint density at radius 1 is 0.561 bits per heavy atom. The number of allylic oxidation sites excluding steroid dienone is 2. The van der Waals surface area contributed by atoms with E-state index < -0.39 is 18.9 Å². The van der Waals surface area contributed by atoms with Crippen LogP contribution >= 0.6 is 0 Å². The van der Waals surface area contributed by atoms with Gasteiger partial charge < -0.3 is 24.8 Å². The largest absolute Gasteiger partial charge is 1.00 e. The van der Waals surface area contributed by atoms with E-state index in [9.17, 15) is 0 Å². The van der Waals surface area contributed by atoms with Gasteiger partial charge in [0.15, 0.2) is 0 Å². The third kappa shape index (κ3) is 4.96. The molecular formula is C37H35Cl2SiZr. The van der Waals surface area contributed by atoms with Crippen LogP contribution in [0.15, 0.2) is 114 Å². The Balaban J connectivity index is 0.00000169. The first-order valence-electron chi connectivity index (χ1n) is 14.5. The topological polar surface area (TPSA) is 0 Å². The molecule has 0 radical (unpaired) electrons. The third-order valence-corrected chi connectivity index (χ3v) is 27.3. The van der Waals surface area contributed by atoms with E-state index in [0.29, 0.717) is 7.25 Å². The molecule has 5 aromatic carbocycles. The van der Waals surface area contributed by atoms with Gasteiger partial charge in [0, 0.05) is 0 Å². The standard InChI is InChI=1S/2C15H13.C7H7.2ClH.H2Si.Zr/c2*1-2-11-9-13-8-7-12-5-3-4-6-14(12)15(13)10-11;1-7-5-3-2-4-6-7;;;;/h2*3-10H,2H2,1H3;2-6H,1H2;2*1H;1H2;/q;;;;;;+2/p-2. The molecule has 0 saturated carbocycles. The van der Waals surface area contributed by atoms with Crippen LogP contribution in [0.4, 0.5) is 0 Å². The molecule has 0 bridgehead atoms. The first kappa shape index (κ1) is 30.2. The number of rotatable bonds is 6. The molecule has 0 aromatic heterocycles. The maximum atomic E-state index is 2.60. The van der Waals surface area contributed by atoms with Crippen molar-refractivity contribution in [2.45, 2.75) is 38.1 Å². The van der Waals surface area contributed by atoms with Crippen molar-refractivity contribution in [3.8, 4) is 0 Å². The van der Waals surface area contributed by atoms with E-state index in [0.717, 1.165) is 12.8 Å². The van der Waals surface area contributed by atoms with E-state index >= 15 is 0 Å². The van der Waals surface area contributed by atoms with Crippen molar-refractivity contribution in [1.29, 1.82) is 0 Å². The number of benzene rings is 5. The Morgan fingerprint density at radius 3 is 1.46 bits per heavy atom. The molecular weight excluding hydrogens is 635 g/mol. The number of hydrogen-bond acceptors (Lipinski definition) is 0. The maximum Gasteiger partial charge on any atom is -1.00 e. The molecule has 0 saturated heterocycles. The molecule has 205 valence electrons. The number of fused-ring (bicyclic) bond motifs is 6. The van der Waals surface area contributed by atoms with E-state index in [2.05, 4.69) is 136 Å². The normalized spacial score (nSPS) is 17.7. The second-order valence-electron chi connectivity index (χ2n) is 11.5. The minimum atomic E-state index is -3.15. The predicted molar refractivity (Wildman–Crippen MR) is 169 cm³/mol. The molecule has 7 rings (SSSR count). The molecule has 4 heteroatoms. The van der Waals surface area contributed by atoms with Crippen LogP contribution in [0.1, 0.15) is 61.8 Å². The fraction of sp³-hybridized carbons (Fsp3) is 0.189. The second-order valence-corrected chi connectivity index (χ2v) is 29.0. The van der Waals surface area contributed by atoms with Gasteiger partial charge >= 0.3 is 240 Å². The van der Waals surface area contributed by atoms with Gasteiger partial charge in [0.2, 0.25) is 0 Å². The van der Waals surface area contributed by atoms with Gasteiger partial charge in [0.25, 0.3) is 0 Å². The fourth-order valence-electron chi connectivity index (χ4n) is 7.70. The average molecular weight is 670 g/mol. The predicted octanol–water partition coefficient (Wildman–Crippen LogP) is 3.30. The van der Waals surface area contributed by atoms with Gasteiger partial charge in [-0.2, -0.15) is 0 Å². The Bertz CT molecular complexity index is 1740. The van der Waals surface area contributed by atoms with Gasteiger partial charge in [-0.25, -0.2) is 0 Å². The summed E-state index contributed by atoms with van der Waals surface area (Å²) in [6, 6.07) is 39.2. The SMILES string of the molecule is CCC1=Cc2c(ccc3ccccc23)[CH]1[Zr+2](=[SiH2])([CH2]c1ccccc1)[CH]1C(CC)=Cc2c1ccc1ccccc21.[Cl-].[Cl-]. The van der Waals surface area contributed by atoms with Crippen LogP contribution in [0.5, 0.6) is 0 Å². The maximum absolute atomic E-state index is 3.15. The zero-order chi connectivity index (χ0) is 26.6. The van der Waals surface area contributed by atoms with Crippen molar-refractivity contribution < 1.29 is 43.7 Å². The van der Waals surface area contributed by atoms with E-state index in [-0.39, 0.29) is 24.8 Å². The molecule has 0 heterocycles. The molecule has 5 aromatic rings. The minimum Gasteiger partial charge on any atom is -1.00 e. The van der Waals surface area contributed by atoms with Gasteiger partial charge in [0.1, 0.15) is 0 Å². The van der Waals surface area contributed by atoms with Crippen LogP contribution in [-0.4, -0.2) is 6.88 Å². The summed E-state index contributed by atoms with van der Waals surface area (Å²) in [6.45, 7) is 7.28. The van der Waals surface area contributed by atoms with Crippen LogP contribution in [0.3, 0.4) is 0 Å². The first-order chi connectivity index (χ1) is 19.1. The Labute approximate surface area is 262 Å². The Hall–Kier alpha value is -2.22. The molecule has 0 aliphatic heterocycles. The summed E-state index contributed by atoms with van der Waals surface area (Å²) in [6.07, 6.45) is 7.45. The first-order valence-corrected chi connectivity index (χ1v) is 25.0. The Kier molecular flexibility index (Phi) is 8.98. The van der Waals surface area contributed by atoms with Crippen molar-refractivity contribution >= 4 is 40.6 Å². The molecule has 0 N–H and O–H groups in total. The molecule has 2 atom stereocenters. The second kappa shape index (κ2) is 12.2. The molecule has 2 aliphatic carbocycles. The van der Waals surface area contributed by atoms with Gasteiger partial charge in [-0.3, -0.25) is 0 Å². The summed E-state index contributed by atoms with van der Waals surface area (Å²) >= 11 is -3.15. The van der Waals surface area contributed by atoms with Crippen molar-refractivity contribution in [1.82, 2.24) is 0 Å². The molecule has 41 heavy (non-hydrogen) atoms. The molecule has 2 aliphatic rings. The van der Waals surface area contributed by atoms with Crippen LogP contribution in [-0.2, 0) is 23.0 Å². The van der Waals surface area contributed by atoms with Crippen LogP contribution in [0, 0.1) is 0 Å². The molecule has 0 fully saturated rings. The summed E-state index contributed by atoms with van der Waals surface area (Å²) in [5.41, 5.74) is 11.1. The van der Waals surface area contributed by atoms with Crippen LogP contribution < -0.4 is 24.8 Å². The quantitative estimate of drug-likeness (QED) is 0.244. The molecule has 0 spiro atoms. The summed E-state index contributed by atoms with van der Waals surface area (Å²) in [7, 11) is 0. The number of hydrogen-bond donors (Lipinski definition) is 0. The van der Waals surface area contributed by atoms with Crippen LogP contribution in [0.2, 0.25) is 0 Å². The van der Waals surface area contributed by atoms with Crippen molar-refractivity contribution in [3.63, 3.8) is 0 Å². The van der Waals surface area contributed by atoms with Crippen molar-refractivity contribution in [2.24, 2.45) is 0 Å². The van der Waals surface area contributed by atoms with E-state index in [1.54, 1.807) is 22.3 Å². The fourth-order valence-corrected chi connectivity index (χ4v) is 28.7. The van der Waals surface area contributed by atoms with Crippen molar-refractivity contribution in [3.05, 3.63) is 142 Å². The Morgan fingerprint density at radius 2 is 1.00 bits per heavy atom. The van der Waals surface area contributed by atoms with Gasteiger partial charge in [-0.05, 0) is 0 Å².